The van der Waals surface area contributed by atoms with E-state index in [1.807, 2.05) is 0 Å². The molecule has 4 atom stereocenters. The molecule has 6 N–H and O–H groups in total. The molecule has 0 saturated carbocycles. The van der Waals surface area contributed by atoms with Crippen LogP contribution in [0.2, 0.25) is 0 Å². The Morgan fingerprint density at radius 3 is 1.07 bits per heavy atom. The summed E-state index contributed by atoms with van der Waals surface area (Å²) < 4.78 is 0. The van der Waals surface area contributed by atoms with Crippen molar-refractivity contribution < 1.29 is 57.0 Å². The Hall–Kier alpha value is -0.714. The maximum Gasteiger partial charge on any atom is 0.335 e. The van der Waals surface area contributed by atoms with Crippen molar-refractivity contribution in [1.29, 1.82) is 0 Å². The molecule has 15 heavy (non-hydrogen) atoms. The fraction of sp³-hybridized carbons (Fsp3) is 0.667. The number of carboxylic acid groups (broad SMARTS) is 2. The summed E-state index contributed by atoms with van der Waals surface area (Å²) in [5, 5.41) is 51.5. The Labute approximate surface area is 94.0 Å². The molecule has 9 heteroatoms. The molecule has 4 unspecified atom stereocenters. The van der Waals surface area contributed by atoms with E-state index in [1.165, 1.54) is 0 Å². The fourth-order valence-corrected chi connectivity index (χ4v) is 0.666. The van der Waals surface area contributed by atoms with Crippen LogP contribution in [0.4, 0.5) is 0 Å². The number of hydrogen-bond donors (Lipinski definition) is 6. The molecule has 91 valence electrons. The molecule has 0 heterocycles. The van der Waals surface area contributed by atoms with Gasteiger partial charge < -0.3 is 30.6 Å². The summed E-state index contributed by atoms with van der Waals surface area (Å²) in [6.07, 6.45) is -9.28. The zero-order valence-electron chi connectivity index (χ0n) is 7.14. The van der Waals surface area contributed by atoms with Gasteiger partial charge in [-0.05, 0) is 0 Å². The quantitative estimate of drug-likeness (QED) is 0.301. The molecule has 0 rings (SSSR count). The smallest absolute Gasteiger partial charge is 0.335 e. The number of rotatable bonds is 5. The maximum absolute atomic E-state index is 10.1. The summed E-state index contributed by atoms with van der Waals surface area (Å²) in [5.41, 5.74) is 0. The molecule has 0 aliphatic rings. The summed E-state index contributed by atoms with van der Waals surface area (Å²) in [7, 11) is 0. The molecule has 0 aromatic heterocycles. The summed E-state index contributed by atoms with van der Waals surface area (Å²) in [4.78, 5) is 20.2. The van der Waals surface area contributed by atoms with Gasteiger partial charge in [0, 0.05) is 16.8 Å². The Morgan fingerprint density at radius 2 is 0.933 bits per heavy atom. The van der Waals surface area contributed by atoms with Crippen LogP contribution in [-0.2, 0) is 26.4 Å². The molecule has 0 aliphatic carbocycles. The van der Waals surface area contributed by atoms with E-state index in [1.54, 1.807) is 0 Å². The van der Waals surface area contributed by atoms with Gasteiger partial charge in [-0.3, -0.25) is 0 Å². The van der Waals surface area contributed by atoms with E-state index >= 15 is 0 Å². The molecule has 0 aromatic rings. The first-order valence-electron chi connectivity index (χ1n) is 3.47. The van der Waals surface area contributed by atoms with Gasteiger partial charge in [0.05, 0.1) is 0 Å². The molecular formula is C6H10CoO8. The minimum atomic E-state index is -2.36. The van der Waals surface area contributed by atoms with E-state index in [2.05, 4.69) is 0 Å². The van der Waals surface area contributed by atoms with E-state index in [0.29, 0.717) is 0 Å². The third kappa shape index (κ3) is 4.55. The predicted molar refractivity (Wildman–Crippen MR) is 39.3 cm³/mol. The maximum atomic E-state index is 10.1. The van der Waals surface area contributed by atoms with E-state index < -0.39 is 36.4 Å². The zero-order chi connectivity index (χ0) is 11.5. The Morgan fingerprint density at radius 1 is 0.733 bits per heavy atom. The fourth-order valence-electron chi connectivity index (χ4n) is 0.666. The van der Waals surface area contributed by atoms with Gasteiger partial charge in [-0.2, -0.15) is 0 Å². The second-order valence-electron chi connectivity index (χ2n) is 2.55. The van der Waals surface area contributed by atoms with Gasteiger partial charge in [-0.1, -0.05) is 0 Å². The summed E-state index contributed by atoms with van der Waals surface area (Å²) in [6.45, 7) is 0. The van der Waals surface area contributed by atoms with Crippen molar-refractivity contribution in [2.75, 3.05) is 0 Å². The SMILES string of the molecule is O=C(O)C(O)C(O)C(O)C(O)C(=O)O.[Co]. The Bertz CT molecular complexity index is 207. The normalized spacial score (nSPS) is 18.1. The first kappa shape index (κ1) is 16.7. The van der Waals surface area contributed by atoms with E-state index in [0.717, 1.165) is 0 Å². The molecule has 8 nitrogen and oxygen atoms in total. The topological polar surface area (TPSA) is 156 Å². The van der Waals surface area contributed by atoms with Crippen LogP contribution in [0.3, 0.4) is 0 Å². The van der Waals surface area contributed by atoms with E-state index in [9.17, 15) is 9.59 Å². The predicted octanol–water partition coefficient (Wildman–Crippen LogP) is -3.40. The minimum Gasteiger partial charge on any atom is -0.479 e. The first-order valence-corrected chi connectivity index (χ1v) is 3.47. The number of aliphatic carboxylic acids is 2. The van der Waals surface area contributed by atoms with Gasteiger partial charge in [0.2, 0.25) is 0 Å². The first-order chi connectivity index (χ1) is 6.29. The second kappa shape index (κ2) is 6.71. The third-order valence-corrected chi connectivity index (χ3v) is 1.50. The van der Waals surface area contributed by atoms with E-state index in [4.69, 9.17) is 30.6 Å². The molecule has 0 bridgehead atoms. The van der Waals surface area contributed by atoms with Crippen LogP contribution in [-0.4, -0.2) is 67.0 Å². The number of hydrogen-bond acceptors (Lipinski definition) is 6. The van der Waals surface area contributed by atoms with Crippen LogP contribution in [0.15, 0.2) is 0 Å². The van der Waals surface area contributed by atoms with Crippen molar-refractivity contribution in [3.8, 4) is 0 Å². The summed E-state index contributed by atoms with van der Waals surface area (Å²) in [6, 6.07) is 0. The molecule has 0 fully saturated rings. The Balaban J connectivity index is 0. The zero-order valence-corrected chi connectivity index (χ0v) is 8.18. The van der Waals surface area contributed by atoms with Gasteiger partial charge in [0.15, 0.2) is 12.2 Å². The van der Waals surface area contributed by atoms with Gasteiger partial charge >= 0.3 is 11.9 Å². The van der Waals surface area contributed by atoms with Crippen molar-refractivity contribution in [3.63, 3.8) is 0 Å². The number of carbonyl (C=O) groups is 2. The number of carboxylic acids is 2. The number of aliphatic hydroxyl groups excluding tert-OH is 4. The molecular weight excluding hydrogens is 259 g/mol. The van der Waals surface area contributed by atoms with Crippen molar-refractivity contribution in [1.82, 2.24) is 0 Å². The van der Waals surface area contributed by atoms with Crippen LogP contribution in [0, 0.1) is 0 Å². The molecule has 0 saturated heterocycles. The van der Waals surface area contributed by atoms with E-state index in [-0.39, 0.29) is 16.8 Å². The van der Waals surface area contributed by atoms with Gasteiger partial charge in [-0.15, -0.1) is 0 Å². The number of aliphatic hydroxyl groups is 4. The average molecular weight is 269 g/mol. The molecule has 0 aromatic carbocycles. The van der Waals surface area contributed by atoms with Crippen LogP contribution in [0.1, 0.15) is 0 Å². The van der Waals surface area contributed by atoms with Crippen molar-refractivity contribution in [3.05, 3.63) is 0 Å². The minimum absolute atomic E-state index is 0. The standard InChI is InChI=1S/C6H10O8.Co/c7-1(3(9)5(11)12)2(8)4(10)6(13)14;/h1-4,7-10H,(H,11,12)(H,13,14);. The third-order valence-electron chi connectivity index (χ3n) is 1.50. The van der Waals surface area contributed by atoms with Crippen LogP contribution in [0.5, 0.6) is 0 Å². The molecule has 0 spiro atoms. The summed E-state index contributed by atoms with van der Waals surface area (Å²) >= 11 is 0. The van der Waals surface area contributed by atoms with Gasteiger partial charge in [0.1, 0.15) is 12.2 Å². The molecule has 0 aliphatic heterocycles. The average Bonchev–Trinajstić information content (AvgIpc) is 2.12. The van der Waals surface area contributed by atoms with Gasteiger partial charge in [-0.25, -0.2) is 9.59 Å². The largest absolute Gasteiger partial charge is 0.479 e. The monoisotopic (exact) mass is 269 g/mol. The van der Waals surface area contributed by atoms with Crippen LogP contribution in [0.25, 0.3) is 0 Å². The molecule has 1 radical (unpaired) electrons. The summed E-state index contributed by atoms with van der Waals surface area (Å²) in [5.74, 6) is -3.68. The van der Waals surface area contributed by atoms with Crippen molar-refractivity contribution >= 4 is 11.9 Å². The molecule has 0 amide bonds. The van der Waals surface area contributed by atoms with Gasteiger partial charge in [0.25, 0.3) is 0 Å². The van der Waals surface area contributed by atoms with Crippen molar-refractivity contribution in [2.24, 2.45) is 0 Å². The van der Waals surface area contributed by atoms with Crippen LogP contribution < -0.4 is 0 Å². The van der Waals surface area contributed by atoms with Crippen molar-refractivity contribution in [2.45, 2.75) is 24.4 Å². The second-order valence-corrected chi connectivity index (χ2v) is 2.55. The Kier molecular flexibility index (Phi) is 7.48. The van der Waals surface area contributed by atoms with Crippen LogP contribution >= 0.6 is 0 Å².